The molecule has 0 spiro atoms. The number of nitrogens with one attached hydrogen (secondary N) is 1. The van der Waals surface area contributed by atoms with E-state index in [-0.39, 0.29) is 22.8 Å². The monoisotopic (exact) mass is 405 g/mol. The number of hydrogen-bond acceptors (Lipinski definition) is 4. The van der Waals surface area contributed by atoms with Gasteiger partial charge in [0.15, 0.2) is 0 Å². The number of thioether (sulfide) groups is 1. The van der Waals surface area contributed by atoms with E-state index in [9.17, 15) is 4.79 Å². The first kappa shape index (κ1) is 19.9. The van der Waals surface area contributed by atoms with Crippen molar-refractivity contribution >= 4 is 29.3 Å². The van der Waals surface area contributed by atoms with Crippen LogP contribution in [0, 0.1) is 0 Å². The van der Waals surface area contributed by atoms with Crippen LogP contribution < -0.4 is 14.8 Å². The first-order chi connectivity index (χ1) is 12.8. The Kier molecular flexibility index (Phi) is 5.92. The van der Waals surface area contributed by atoms with Crippen molar-refractivity contribution in [3.8, 4) is 11.5 Å². The second-order valence-electron chi connectivity index (χ2n) is 7.24. The molecule has 1 heterocycles. The summed E-state index contributed by atoms with van der Waals surface area (Å²) in [5, 5.41) is 3.66. The summed E-state index contributed by atoms with van der Waals surface area (Å²) in [5.41, 5.74) is 0.608. The van der Waals surface area contributed by atoms with E-state index in [1.54, 1.807) is 7.11 Å². The number of hydrogen-bond donors (Lipinski definition) is 1. The summed E-state index contributed by atoms with van der Waals surface area (Å²) < 4.78 is 11.4. The molecule has 1 aliphatic rings. The van der Waals surface area contributed by atoms with E-state index >= 15 is 0 Å². The maximum Gasteiger partial charge on any atom is 0.233 e. The molecule has 2 aromatic carbocycles. The summed E-state index contributed by atoms with van der Waals surface area (Å²) >= 11 is 7.44. The largest absolute Gasteiger partial charge is 0.497 e. The molecule has 2 aromatic rings. The van der Waals surface area contributed by atoms with Gasteiger partial charge in [-0.1, -0.05) is 11.6 Å². The number of benzene rings is 2. The maximum atomic E-state index is 12.8. The Balaban J connectivity index is 1.74. The molecular weight excluding hydrogens is 382 g/mol. The molecule has 27 heavy (non-hydrogen) atoms. The highest BCUT2D eigenvalue weighted by atomic mass is 35.5. The average molecular weight is 406 g/mol. The van der Waals surface area contributed by atoms with Crippen molar-refractivity contribution in [2.75, 3.05) is 7.11 Å². The molecule has 0 bridgehead atoms. The zero-order valence-electron chi connectivity index (χ0n) is 15.9. The molecule has 1 amide bonds. The summed E-state index contributed by atoms with van der Waals surface area (Å²) in [6.45, 7) is 5.97. The lowest BCUT2D eigenvalue weighted by molar-refractivity contribution is -0.121. The van der Waals surface area contributed by atoms with Gasteiger partial charge in [-0.2, -0.15) is 0 Å². The van der Waals surface area contributed by atoms with Gasteiger partial charge in [0.05, 0.1) is 18.4 Å². The summed E-state index contributed by atoms with van der Waals surface area (Å²) in [7, 11) is 1.63. The molecule has 4 nitrogen and oxygen atoms in total. The molecule has 1 N–H and O–H groups in total. The molecule has 2 atom stereocenters. The lowest BCUT2D eigenvalue weighted by atomic mass is 9.89. The first-order valence-corrected chi connectivity index (χ1v) is 10.1. The Morgan fingerprint density at radius 2 is 2.00 bits per heavy atom. The normalized spacial score (nSPS) is 18.8. The van der Waals surface area contributed by atoms with E-state index in [1.807, 2.05) is 63.2 Å². The van der Waals surface area contributed by atoms with Crippen LogP contribution in [0.15, 0.2) is 47.4 Å². The predicted octanol–water partition coefficient (Wildman–Crippen LogP) is 5.25. The number of rotatable bonds is 5. The quantitative estimate of drug-likeness (QED) is 0.690. The summed E-state index contributed by atoms with van der Waals surface area (Å²) in [5.74, 6) is 1.50. The van der Waals surface area contributed by atoms with Gasteiger partial charge in [0.1, 0.15) is 17.1 Å². The lowest BCUT2D eigenvalue weighted by Crippen LogP contribution is -2.43. The predicted molar refractivity (Wildman–Crippen MR) is 110 cm³/mol. The van der Waals surface area contributed by atoms with Crippen LogP contribution >= 0.6 is 23.4 Å². The van der Waals surface area contributed by atoms with Crippen LogP contribution in [0.2, 0.25) is 5.02 Å². The zero-order valence-corrected chi connectivity index (χ0v) is 17.5. The van der Waals surface area contributed by atoms with Crippen LogP contribution in [0.4, 0.5) is 0 Å². The minimum absolute atomic E-state index is 0.000539. The molecule has 1 aliphatic heterocycles. The first-order valence-electron chi connectivity index (χ1n) is 8.87. The summed E-state index contributed by atoms with van der Waals surface area (Å²) in [6.07, 6.45) is 0.705. The average Bonchev–Trinajstić information content (AvgIpc) is 2.62. The number of amides is 1. The molecule has 0 aliphatic carbocycles. The van der Waals surface area contributed by atoms with E-state index in [2.05, 4.69) is 5.32 Å². The second-order valence-corrected chi connectivity index (χ2v) is 9.10. The Hall–Kier alpha value is -1.85. The van der Waals surface area contributed by atoms with Gasteiger partial charge in [-0.05, 0) is 57.2 Å². The van der Waals surface area contributed by atoms with Crippen LogP contribution in [0.3, 0.4) is 0 Å². The number of methoxy groups -OCH3 is 1. The highest BCUT2D eigenvalue weighted by molar-refractivity contribution is 8.00. The van der Waals surface area contributed by atoms with Gasteiger partial charge in [-0.15, -0.1) is 11.8 Å². The van der Waals surface area contributed by atoms with Crippen molar-refractivity contribution in [3.63, 3.8) is 0 Å². The molecule has 0 radical (unpaired) electrons. The molecular formula is C21H24ClNO3S. The Morgan fingerprint density at radius 3 is 2.67 bits per heavy atom. The highest BCUT2D eigenvalue weighted by Gasteiger charge is 2.35. The van der Waals surface area contributed by atoms with E-state index in [1.165, 1.54) is 11.8 Å². The van der Waals surface area contributed by atoms with Crippen LogP contribution in [-0.2, 0) is 4.79 Å². The topological polar surface area (TPSA) is 47.6 Å². The Labute approximate surface area is 169 Å². The number of carbonyl (C=O) groups is 1. The van der Waals surface area contributed by atoms with Crippen molar-refractivity contribution in [2.24, 2.45) is 0 Å². The van der Waals surface area contributed by atoms with Gasteiger partial charge in [0.2, 0.25) is 5.91 Å². The molecule has 0 fully saturated rings. The van der Waals surface area contributed by atoms with E-state index in [4.69, 9.17) is 21.1 Å². The number of ether oxygens (including phenoxy) is 2. The number of carbonyl (C=O) groups excluding carboxylic acids is 1. The fourth-order valence-corrected chi connectivity index (χ4v) is 4.15. The van der Waals surface area contributed by atoms with Crippen LogP contribution in [0.1, 0.15) is 38.8 Å². The smallest absolute Gasteiger partial charge is 0.233 e. The summed E-state index contributed by atoms with van der Waals surface area (Å²) in [4.78, 5) is 13.8. The molecule has 6 heteroatoms. The van der Waals surface area contributed by atoms with Crippen LogP contribution in [-0.4, -0.2) is 23.9 Å². The zero-order chi connectivity index (χ0) is 19.6. The molecule has 0 unspecified atom stereocenters. The van der Waals surface area contributed by atoms with Crippen molar-refractivity contribution in [3.05, 3.63) is 53.1 Å². The third kappa shape index (κ3) is 4.90. The molecule has 0 saturated heterocycles. The molecule has 0 saturated carbocycles. The fourth-order valence-electron chi connectivity index (χ4n) is 3.15. The molecule has 144 valence electrons. The van der Waals surface area contributed by atoms with Gasteiger partial charge in [-0.3, -0.25) is 4.79 Å². The number of fused-ring (bicyclic) bond motifs is 1. The SMILES string of the molecule is COc1ccc2c(c1)OC(C)(C)C[C@H]2NC(=O)[C@H](C)Sc1ccc(Cl)cc1. The van der Waals surface area contributed by atoms with E-state index < -0.39 is 0 Å². The van der Waals surface area contributed by atoms with Crippen molar-refractivity contribution in [1.82, 2.24) is 5.32 Å². The van der Waals surface area contributed by atoms with Crippen molar-refractivity contribution in [2.45, 2.75) is 49.0 Å². The van der Waals surface area contributed by atoms with Gasteiger partial charge in [0, 0.05) is 28.0 Å². The minimum Gasteiger partial charge on any atom is -0.497 e. The van der Waals surface area contributed by atoms with Gasteiger partial charge >= 0.3 is 0 Å². The summed E-state index contributed by atoms with van der Waals surface area (Å²) in [6, 6.07) is 13.2. The third-order valence-corrected chi connectivity index (χ3v) is 5.85. The Bertz CT molecular complexity index is 823. The third-order valence-electron chi connectivity index (χ3n) is 4.49. The van der Waals surface area contributed by atoms with Gasteiger partial charge in [0.25, 0.3) is 0 Å². The standard InChI is InChI=1S/C21H24ClNO3S/c1-13(27-16-8-5-14(22)6-9-16)20(24)23-18-12-21(2,3)26-19-11-15(25-4)7-10-17(18)19/h5-11,13,18H,12H2,1-4H3,(H,23,24)/t13-,18+/m0/s1. The van der Waals surface area contributed by atoms with E-state index in [0.29, 0.717) is 11.4 Å². The highest BCUT2D eigenvalue weighted by Crippen LogP contribution is 2.41. The Morgan fingerprint density at radius 1 is 1.30 bits per heavy atom. The fraction of sp³-hybridized carbons (Fsp3) is 0.381. The van der Waals surface area contributed by atoms with Crippen molar-refractivity contribution < 1.29 is 14.3 Å². The molecule has 3 rings (SSSR count). The minimum atomic E-state index is -0.371. The van der Waals surface area contributed by atoms with Crippen LogP contribution in [0.25, 0.3) is 0 Å². The second kappa shape index (κ2) is 8.03. The van der Waals surface area contributed by atoms with Crippen molar-refractivity contribution in [1.29, 1.82) is 0 Å². The maximum absolute atomic E-state index is 12.8. The lowest BCUT2D eigenvalue weighted by Gasteiger charge is -2.38. The van der Waals surface area contributed by atoms with E-state index in [0.717, 1.165) is 22.0 Å². The van der Waals surface area contributed by atoms with Crippen LogP contribution in [0.5, 0.6) is 11.5 Å². The van der Waals surface area contributed by atoms with Gasteiger partial charge < -0.3 is 14.8 Å². The number of halogens is 1. The molecule has 0 aromatic heterocycles. The van der Waals surface area contributed by atoms with Gasteiger partial charge in [-0.25, -0.2) is 0 Å².